The topological polar surface area (TPSA) is 39.7 Å². The van der Waals surface area contributed by atoms with Crippen LogP contribution in [0.2, 0.25) is 0 Å². The van der Waals surface area contributed by atoms with Gasteiger partial charge in [-0.15, -0.1) is 0 Å². The third-order valence-electron chi connectivity index (χ3n) is 5.01. The first-order valence-electron chi connectivity index (χ1n) is 9.52. The van der Waals surface area contributed by atoms with Gasteiger partial charge in [0, 0.05) is 13.1 Å². The van der Waals surface area contributed by atoms with Crippen molar-refractivity contribution in [1.82, 2.24) is 15.5 Å². The quantitative estimate of drug-likeness (QED) is 0.596. The van der Waals surface area contributed by atoms with Crippen LogP contribution in [0.4, 0.5) is 0 Å². The highest BCUT2D eigenvalue weighted by molar-refractivity contribution is 5.79. The molecule has 0 bridgehead atoms. The number of likely N-dealkylation sites (tertiary alicyclic amines) is 1. The van der Waals surface area contributed by atoms with Crippen molar-refractivity contribution in [2.24, 2.45) is 10.9 Å². The molecule has 0 unspecified atom stereocenters. The Morgan fingerprint density at radius 3 is 2.58 bits per heavy atom. The largest absolute Gasteiger partial charge is 0.357 e. The van der Waals surface area contributed by atoms with Crippen molar-refractivity contribution in [3.8, 4) is 0 Å². The molecule has 1 saturated heterocycles. The van der Waals surface area contributed by atoms with Crippen molar-refractivity contribution >= 4 is 5.96 Å². The Kier molecular flexibility index (Phi) is 8.10. The van der Waals surface area contributed by atoms with E-state index in [9.17, 15) is 0 Å². The highest BCUT2D eigenvalue weighted by atomic mass is 15.2. The van der Waals surface area contributed by atoms with Crippen LogP contribution in [0.5, 0.6) is 0 Å². The van der Waals surface area contributed by atoms with Gasteiger partial charge in [-0.1, -0.05) is 31.2 Å². The molecule has 0 radical (unpaired) electrons. The Hall–Kier alpha value is -1.55. The molecule has 0 saturated carbocycles. The van der Waals surface area contributed by atoms with E-state index < -0.39 is 0 Å². The van der Waals surface area contributed by atoms with Gasteiger partial charge in [-0.3, -0.25) is 0 Å². The maximum absolute atomic E-state index is 4.74. The van der Waals surface area contributed by atoms with Crippen molar-refractivity contribution in [1.29, 1.82) is 0 Å². The molecule has 134 valence electrons. The lowest BCUT2D eigenvalue weighted by Gasteiger charge is -2.31. The van der Waals surface area contributed by atoms with Crippen LogP contribution < -0.4 is 10.6 Å². The van der Waals surface area contributed by atoms with Gasteiger partial charge >= 0.3 is 0 Å². The summed E-state index contributed by atoms with van der Waals surface area (Å²) in [5.74, 6) is 1.80. The summed E-state index contributed by atoms with van der Waals surface area (Å²) in [7, 11) is 0. The molecule has 4 heteroatoms. The van der Waals surface area contributed by atoms with Crippen LogP contribution in [0.15, 0.2) is 29.3 Å². The molecule has 1 aliphatic rings. The highest BCUT2D eigenvalue weighted by Gasteiger charge is 2.17. The molecule has 0 atom stereocenters. The number of piperidine rings is 1. The van der Waals surface area contributed by atoms with Crippen LogP contribution in [-0.2, 0) is 6.54 Å². The first kappa shape index (κ1) is 18.8. The minimum Gasteiger partial charge on any atom is -0.357 e. The summed E-state index contributed by atoms with van der Waals surface area (Å²) in [6, 6.07) is 8.47. The summed E-state index contributed by atoms with van der Waals surface area (Å²) in [6.45, 7) is 12.9. The standard InChI is InChI=1S/C20H34N4/c1-4-21-20(23-16-19-9-7-6-8-17(19)3)22-13-10-18-11-14-24(5-2)15-12-18/h6-9,18H,4-5,10-16H2,1-3H3,(H2,21,22,23). The molecule has 2 rings (SSSR count). The lowest BCUT2D eigenvalue weighted by molar-refractivity contribution is 0.187. The van der Waals surface area contributed by atoms with Crippen LogP contribution in [0.25, 0.3) is 0 Å². The van der Waals surface area contributed by atoms with E-state index in [4.69, 9.17) is 4.99 Å². The van der Waals surface area contributed by atoms with E-state index in [0.717, 1.165) is 31.5 Å². The Balaban J connectivity index is 1.76. The third-order valence-corrected chi connectivity index (χ3v) is 5.01. The minimum absolute atomic E-state index is 0.733. The number of aryl methyl sites for hydroxylation is 1. The average molecular weight is 331 g/mol. The fourth-order valence-corrected chi connectivity index (χ4v) is 3.28. The molecule has 1 aromatic carbocycles. The zero-order chi connectivity index (χ0) is 17.2. The minimum atomic E-state index is 0.733. The molecule has 0 aliphatic carbocycles. The van der Waals surface area contributed by atoms with Crippen molar-refractivity contribution < 1.29 is 0 Å². The summed E-state index contributed by atoms with van der Waals surface area (Å²) in [5, 5.41) is 6.87. The zero-order valence-electron chi connectivity index (χ0n) is 15.6. The maximum Gasteiger partial charge on any atom is 0.191 e. The Morgan fingerprint density at radius 2 is 1.92 bits per heavy atom. The fourth-order valence-electron chi connectivity index (χ4n) is 3.28. The second-order valence-electron chi connectivity index (χ2n) is 6.71. The Morgan fingerprint density at radius 1 is 1.17 bits per heavy atom. The second kappa shape index (κ2) is 10.3. The highest BCUT2D eigenvalue weighted by Crippen LogP contribution is 2.19. The number of guanidine groups is 1. The summed E-state index contributed by atoms with van der Waals surface area (Å²) in [5.41, 5.74) is 2.60. The van der Waals surface area contributed by atoms with Gasteiger partial charge in [0.05, 0.1) is 6.54 Å². The van der Waals surface area contributed by atoms with E-state index in [0.29, 0.717) is 0 Å². The maximum atomic E-state index is 4.74. The number of nitrogens with zero attached hydrogens (tertiary/aromatic N) is 2. The number of nitrogens with one attached hydrogen (secondary N) is 2. The number of benzene rings is 1. The van der Waals surface area contributed by atoms with Crippen LogP contribution >= 0.6 is 0 Å². The Labute approximate surface area is 147 Å². The summed E-state index contributed by atoms with van der Waals surface area (Å²) >= 11 is 0. The molecule has 4 nitrogen and oxygen atoms in total. The van der Waals surface area contributed by atoms with Crippen LogP contribution in [0.3, 0.4) is 0 Å². The van der Waals surface area contributed by atoms with Crippen molar-refractivity contribution in [3.05, 3.63) is 35.4 Å². The van der Waals surface area contributed by atoms with Crippen LogP contribution in [0, 0.1) is 12.8 Å². The molecule has 24 heavy (non-hydrogen) atoms. The van der Waals surface area contributed by atoms with E-state index in [1.165, 1.54) is 50.0 Å². The smallest absolute Gasteiger partial charge is 0.191 e. The van der Waals surface area contributed by atoms with E-state index in [-0.39, 0.29) is 0 Å². The lowest BCUT2D eigenvalue weighted by Crippen LogP contribution is -2.39. The van der Waals surface area contributed by atoms with Gasteiger partial charge in [0.15, 0.2) is 5.96 Å². The number of rotatable bonds is 7. The normalized spacial score (nSPS) is 17.0. The Bertz CT molecular complexity index is 504. The van der Waals surface area contributed by atoms with Gasteiger partial charge < -0.3 is 15.5 Å². The number of aliphatic imine (C=N–C) groups is 1. The van der Waals surface area contributed by atoms with E-state index in [2.05, 4.69) is 60.6 Å². The van der Waals surface area contributed by atoms with Gasteiger partial charge in [0.1, 0.15) is 0 Å². The predicted molar refractivity (Wildman–Crippen MR) is 103 cm³/mol. The molecule has 1 aliphatic heterocycles. The zero-order valence-corrected chi connectivity index (χ0v) is 15.6. The monoisotopic (exact) mass is 330 g/mol. The van der Waals surface area contributed by atoms with Crippen LogP contribution in [0.1, 0.15) is 44.2 Å². The summed E-state index contributed by atoms with van der Waals surface area (Å²) in [4.78, 5) is 7.29. The molecule has 2 N–H and O–H groups in total. The first-order valence-corrected chi connectivity index (χ1v) is 9.52. The number of hydrogen-bond donors (Lipinski definition) is 2. The van der Waals surface area contributed by atoms with Gasteiger partial charge in [-0.05, 0) is 69.8 Å². The van der Waals surface area contributed by atoms with Gasteiger partial charge in [-0.2, -0.15) is 0 Å². The molecular formula is C20H34N4. The van der Waals surface area contributed by atoms with Gasteiger partial charge in [0.25, 0.3) is 0 Å². The van der Waals surface area contributed by atoms with Crippen molar-refractivity contribution in [2.75, 3.05) is 32.7 Å². The van der Waals surface area contributed by atoms with E-state index in [1.807, 2.05) is 0 Å². The van der Waals surface area contributed by atoms with E-state index in [1.54, 1.807) is 0 Å². The SMILES string of the molecule is CCNC(=NCc1ccccc1C)NCCC1CCN(CC)CC1. The van der Waals surface area contributed by atoms with E-state index >= 15 is 0 Å². The fraction of sp³-hybridized carbons (Fsp3) is 0.650. The average Bonchev–Trinajstić information content (AvgIpc) is 2.61. The summed E-state index contributed by atoms with van der Waals surface area (Å²) in [6.07, 6.45) is 3.92. The van der Waals surface area contributed by atoms with Gasteiger partial charge in [-0.25, -0.2) is 4.99 Å². The molecular weight excluding hydrogens is 296 g/mol. The van der Waals surface area contributed by atoms with Gasteiger partial charge in [0.2, 0.25) is 0 Å². The second-order valence-corrected chi connectivity index (χ2v) is 6.71. The predicted octanol–water partition coefficient (Wildman–Crippen LogP) is 3.17. The van der Waals surface area contributed by atoms with Crippen molar-refractivity contribution in [2.45, 2.75) is 46.6 Å². The molecule has 1 heterocycles. The first-order chi connectivity index (χ1) is 11.7. The lowest BCUT2D eigenvalue weighted by atomic mass is 9.93. The molecule has 1 fully saturated rings. The summed E-state index contributed by atoms with van der Waals surface area (Å²) < 4.78 is 0. The van der Waals surface area contributed by atoms with Crippen molar-refractivity contribution in [3.63, 3.8) is 0 Å². The molecule has 0 spiro atoms. The molecule has 1 aromatic rings. The molecule has 0 aromatic heterocycles. The molecule has 0 amide bonds. The number of hydrogen-bond acceptors (Lipinski definition) is 2. The third kappa shape index (κ3) is 6.16. The van der Waals surface area contributed by atoms with Crippen LogP contribution in [-0.4, -0.2) is 43.6 Å².